The van der Waals surface area contributed by atoms with Crippen molar-refractivity contribution in [2.75, 3.05) is 26.6 Å². The fraction of sp³-hybridized carbons (Fsp3) is 0.565. The highest BCUT2D eigenvalue weighted by atomic mass is 32.2. The second-order valence-electron chi connectivity index (χ2n) is 8.19. The SMILES string of the molecule is CCOC(=O)C(SC[C@H](NC(=O)[C@H](C)NC(=O)OC(C)(C)C)C(=O)OC)c1ccc(OC)cc1. The van der Waals surface area contributed by atoms with Gasteiger partial charge in [0.15, 0.2) is 0 Å². The molecule has 0 radical (unpaired) electrons. The topological polar surface area (TPSA) is 129 Å². The summed E-state index contributed by atoms with van der Waals surface area (Å²) < 4.78 is 20.3. The van der Waals surface area contributed by atoms with Crippen LogP contribution in [0.1, 0.15) is 45.4 Å². The molecular weight excluding hydrogens is 464 g/mol. The molecule has 0 bridgehead atoms. The molecule has 11 heteroatoms. The molecule has 2 amide bonds. The van der Waals surface area contributed by atoms with Gasteiger partial charge >= 0.3 is 18.0 Å². The molecule has 0 aliphatic rings. The first-order chi connectivity index (χ1) is 15.9. The number of alkyl carbamates (subject to hydrolysis) is 1. The molecule has 1 aromatic carbocycles. The summed E-state index contributed by atoms with van der Waals surface area (Å²) in [5.74, 6) is -1.13. The van der Waals surface area contributed by atoms with Gasteiger partial charge in [-0.2, -0.15) is 0 Å². The summed E-state index contributed by atoms with van der Waals surface area (Å²) in [4.78, 5) is 49.4. The Morgan fingerprint density at radius 3 is 2.12 bits per heavy atom. The number of carbonyl (C=O) groups excluding carboxylic acids is 4. The number of esters is 2. The van der Waals surface area contributed by atoms with Crippen molar-refractivity contribution in [2.45, 2.75) is 57.6 Å². The molecule has 0 aliphatic carbocycles. The van der Waals surface area contributed by atoms with Gasteiger partial charge in [-0.3, -0.25) is 9.59 Å². The van der Waals surface area contributed by atoms with Crippen LogP contribution >= 0.6 is 11.8 Å². The highest BCUT2D eigenvalue weighted by molar-refractivity contribution is 8.00. The van der Waals surface area contributed by atoms with Crippen molar-refractivity contribution in [3.8, 4) is 5.75 Å². The van der Waals surface area contributed by atoms with Crippen LogP contribution in [0.4, 0.5) is 4.79 Å². The quantitative estimate of drug-likeness (QED) is 0.349. The van der Waals surface area contributed by atoms with E-state index >= 15 is 0 Å². The smallest absolute Gasteiger partial charge is 0.408 e. The van der Waals surface area contributed by atoms with E-state index in [1.54, 1.807) is 52.0 Å². The molecule has 0 aliphatic heterocycles. The molecule has 3 atom stereocenters. The molecular formula is C23H34N2O8S. The first-order valence-electron chi connectivity index (χ1n) is 10.7. The molecule has 0 heterocycles. The third-order valence-electron chi connectivity index (χ3n) is 4.28. The number of hydrogen-bond donors (Lipinski definition) is 2. The molecule has 0 aromatic heterocycles. The highest BCUT2D eigenvalue weighted by Crippen LogP contribution is 2.32. The van der Waals surface area contributed by atoms with Crippen LogP contribution in [-0.4, -0.2) is 68.2 Å². The van der Waals surface area contributed by atoms with Crippen LogP contribution in [0.5, 0.6) is 5.75 Å². The molecule has 190 valence electrons. The van der Waals surface area contributed by atoms with E-state index in [1.165, 1.54) is 21.1 Å². The maximum Gasteiger partial charge on any atom is 0.408 e. The van der Waals surface area contributed by atoms with Gasteiger partial charge in [0.1, 0.15) is 28.7 Å². The van der Waals surface area contributed by atoms with Crippen molar-refractivity contribution in [3.63, 3.8) is 0 Å². The third kappa shape index (κ3) is 9.90. The van der Waals surface area contributed by atoms with Gasteiger partial charge in [-0.05, 0) is 52.3 Å². The van der Waals surface area contributed by atoms with Crippen molar-refractivity contribution in [1.82, 2.24) is 10.6 Å². The standard InChI is InChI=1S/C23H34N2O8S/c1-8-32-21(28)18(15-9-11-16(30-6)12-10-15)34-13-17(20(27)31-7)25-19(26)14(2)24-22(29)33-23(3,4)5/h9-12,14,17-18H,8,13H2,1-7H3,(H,24,29)(H,25,26)/t14-,17-,18?/m0/s1. The van der Waals surface area contributed by atoms with Crippen LogP contribution in [0, 0.1) is 0 Å². The number of carbonyl (C=O) groups is 4. The van der Waals surface area contributed by atoms with Crippen LogP contribution in [0.25, 0.3) is 0 Å². The number of amides is 2. The molecule has 0 saturated carbocycles. The second-order valence-corrected chi connectivity index (χ2v) is 9.33. The van der Waals surface area contributed by atoms with E-state index in [-0.39, 0.29) is 12.4 Å². The first kappa shape index (κ1) is 29.1. The lowest BCUT2D eigenvalue weighted by Crippen LogP contribution is -2.52. The predicted octanol–water partition coefficient (Wildman–Crippen LogP) is 2.60. The van der Waals surface area contributed by atoms with E-state index in [1.807, 2.05) is 0 Å². The number of hydrogen-bond acceptors (Lipinski definition) is 9. The lowest BCUT2D eigenvalue weighted by Gasteiger charge is -2.23. The summed E-state index contributed by atoms with van der Waals surface area (Å²) in [5, 5.41) is 4.23. The number of nitrogens with one attached hydrogen (secondary N) is 2. The van der Waals surface area contributed by atoms with Gasteiger partial charge in [-0.25, -0.2) is 9.59 Å². The van der Waals surface area contributed by atoms with E-state index in [0.29, 0.717) is 11.3 Å². The number of thioether (sulfide) groups is 1. The predicted molar refractivity (Wildman–Crippen MR) is 128 cm³/mol. The van der Waals surface area contributed by atoms with Gasteiger partial charge < -0.3 is 29.6 Å². The van der Waals surface area contributed by atoms with E-state index in [2.05, 4.69) is 10.6 Å². The zero-order chi connectivity index (χ0) is 25.9. The summed E-state index contributed by atoms with van der Waals surface area (Å²) >= 11 is 1.12. The zero-order valence-electron chi connectivity index (χ0n) is 20.6. The van der Waals surface area contributed by atoms with Crippen molar-refractivity contribution >= 4 is 35.7 Å². The molecule has 0 fully saturated rings. The normalized spacial score (nSPS) is 13.6. The summed E-state index contributed by atoms with van der Waals surface area (Å²) in [6, 6.07) is 4.84. The molecule has 10 nitrogen and oxygen atoms in total. The van der Waals surface area contributed by atoms with Gasteiger partial charge in [0, 0.05) is 5.75 Å². The van der Waals surface area contributed by atoms with Crippen molar-refractivity contribution in [2.24, 2.45) is 0 Å². The second kappa shape index (κ2) is 13.7. The summed E-state index contributed by atoms with van der Waals surface area (Å²) in [6.45, 7) is 8.45. The molecule has 1 rings (SSSR count). The van der Waals surface area contributed by atoms with Crippen LogP contribution in [0.15, 0.2) is 24.3 Å². The molecule has 0 spiro atoms. The van der Waals surface area contributed by atoms with Crippen LogP contribution in [-0.2, 0) is 28.6 Å². The third-order valence-corrected chi connectivity index (χ3v) is 5.60. The maximum absolute atomic E-state index is 12.6. The minimum Gasteiger partial charge on any atom is -0.497 e. The lowest BCUT2D eigenvalue weighted by atomic mass is 10.1. The number of ether oxygens (including phenoxy) is 4. The van der Waals surface area contributed by atoms with Crippen molar-refractivity contribution < 1.29 is 38.1 Å². The van der Waals surface area contributed by atoms with Gasteiger partial charge in [-0.15, -0.1) is 11.8 Å². The summed E-state index contributed by atoms with van der Waals surface area (Å²) in [5.41, 5.74) is -0.0752. The van der Waals surface area contributed by atoms with Crippen LogP contribution in [0.3, 0.4) is 0 Å². The molecule has 1 unspecified atom stereocenters. The minimum absolute atomic E-state index is 0.0209. The van der Waals surface area contributed by atoms with E-state index in [0.717, 1.165) is 11.8 Å². The largest absolute Gasteiger partial charge is 0.497 e. The van der Waals surface area contributed by atoms with Crippen LogP contribution < -0.4 is 15.4 Å². The molecule has 2 N–H and O–H groups in total. The average Bonchev–Trinajstić information content (AvgIpc) is 2.76. The van der Waals surface area contributed by atoms with E-state index < -0.39 is 46.9 Å². The number of benzene rings is 1. The van der Waals surface area contributed by atoms with Gasteiger partial charge in [0.25, 0.3) is 0 Å². The Hall–Kier alpha value is -2.95. The fourth-order valence-electron chi connectivity index (χ4n) is 2.65. The fourth-order valence-corrected chi connectivity index (χ4v) is 3.80. The summed E-state index contributed by atoms with van der Waals surface area (Å²) in [6.07, 6.45) is -0.763. The van der Waals surface area contributed by atoms with E-state index in [4.69, 9.17) is 18.9 Å². The first-order valence-corrected chi connectivity index (χ1v) is 11.8. The van der Waals surface area contributed by atoms with Crippen LogP contribution in [0.2, 0.25) is 0 Å². The van der Waals surface area contributed by atoms with Crippen molar-refractivity contribution in [3.05, 3.63) is 29.8 Å². The summed E-state index contributed by atoms with van der Waals surface area (Å²) in [7, 11) is 2.73. The maximum atomic E-state index is 12.6. The highest BCUT2D eigenvalue weighted by Gasteiger charge is 2.30. The minimum atomic E-state index is -1.07. The molecule has 0 saturated heterocycles. The number of methoxy groups -OCH3 is 2. The van der Waals surface area contributed by atoms with Crippen molar-refractivity contribution in [1.29, 1.82) is 0 Å². The Kier molecular flexibility index (Phi) is 11.7. The lowest BCUT2D eigenvalue weighted by molar-refractivity contribution is -0.144. The monoisotopic (exact) mass is 498 g/mol. The van der Waals surface area contributed by atoms with E-state index in [9.17, 15) is 19.2 Å². The van der Waals surface area contributed by atoms with Gasteiger partial charge in [0.05, 0.1) is 20.8 Å². The Labute approximate surface area is 204 Å². The number of rotatable bonds is 11. The molecule has 34 heavy (non-hydrogen) atoms. The molecule has 1 aromatic rings. The van der Waals surface area contributed by atoms with Gasteiger partial charge in [-0.1, -0.05) is 12.1 Å². The van der Waals surface area contributed by atoms with Gasteiger partial charge in [0.2, 0.25) is 5.91 Å². The Morgan fingerprint density at radius 2 is 1.62 bits per heavy atom. The Balaban J connectivity index is 2.91. The Morgan fingerprint density at radius 1 is 1.00 bits per heavy atom. The zero-order valence-corrected chi connectivity index (χ0v) is 21.4. The average molecular weight is 499 g/mol. The Bertz CT molecular complexity index is 838.